The topological polar surface area (TPSA) is 55.8 Å². The van der Waals surface area contributed by atoms with E-state index in [9.17, 15) is 22.8 Å². The van der Waals surface area contributed by atoms with Gasteiger partial charge in [-0.3, -0.25) is 4.79 Å². The van der Waals surface area contributed by atoms with Crippen LogP contribution < -0.4 is 9.64 Å². The van der Waals surface area contributed by atoms with Gasteiger partial charge in [-0.1, -0.05) is 32.0 Å². The van der Waals surface area contributed by atoms with Crippen molar-refractivity contribution < 1.29 is 32.2 Å². The Balaban J connectivity index is 2.11. The molecule has 0 unspecified atom stereocenters. The number of amides is 1. The number of nitrogens with zero attached hydrogens (tertiary/aromatic N) is 1. The summed E-state index contributed by atoms with van der Waals surface area (Å²) in [7, 11) is 0. The molecule has 0 N–H and O–H groups in total. The molecule has 1 heterocycles. The fourth-order valence-electron chi connectivity index (χ4n) is 4.38. The van der Waals surface area contributed by atoms with Gasteiger partial charge < -0.3 is 14.4 Å². The number of benzene rings is 2. The quantitative estimate of drug-likeness (QED) is 0.327. The number of hydrogen-bond acceptors (Lipinski definition) is 4. The second-order valence-corrected chi connectivity index (χ2v) is 10.6. The number of anilines is 1. The summed E-state index contributed by atoms with van der Waals surface area (Å²) < 4.78 is 49.6. The van der Waals surface area contributed by atoms with Crippen molar-refractivity contribution in [3.05, 3.63) is 53.1 Å². The lowest BCUT2D eigenvalue weighted by Crippen LogP contribution is -2.41. The van der Waals surface area contributed by atoms with Crippen LogP contribution in [-0.2, 0) is 19.7 Å². The molecule has 8 heteroatoms. The fourth-order valence-corrected chi connectivity index (χ4v) is 4.38. The number of ether oxygens (including phenoxy) is 2. The third kappa shape index (κ3) is 6.28. The predicted octanol–water partition coefficient (Wildman–Crippen LogP) is 6.95. The van der Waals surface area contributed by atoms with E-state index in [1.54, 1.807) is 37.8 Å². The van der Waals surface area contributed by atoms with Crippen LogP contribution in [0.4, 0.5) is 18.9 Å². The van der Waals surface area contributed by atoms with E-state index in [1.165, 1.54) is 18.2 Å². The minimum Gasteiger partial charge on any atom is -0.457 e. The zero-order chi connectivity index (χ0) is 27.1. The first-order chi connectivity index (χ1) is 16.5. The summed E-state index contributed by atoms with van der Waals surface area (Å²) in [6.07, 6.45) is -2.03. The molecule has 0 radical (unpaired) electrons. The lowest BCUT2D eigenvalue weighted by molar-refractivity contribution is -0.274. The van der Waals surface area contributed by atoms with Crippen molar-refractivity contribution >= 4 is 23.6 Å². The average molecular weight is 504 g/mol. The Kier molecular flexibility index (Phi) is 7.31. The Morgan fingerprint density at radius 2 is 1.78 bits per heavy atom. The Morgan fingerprint density at radius 3 is 2.36 bits per heavy atom. The van der Waals surface area contributed by atoms with E-state index in [-0.39, 0.29) is 11.5 Å². The van der Waals surface area contributed by atoms with Crippen LogP contribution in [0, 0.1) is 6.92 Å². The average Bonchev–Trinajstić information content (AvgIpc) is 2.70. The fraction of sp³-hybridized carbons (Fsp3) is 0.429. The number of carbonyl (C=O) groups excluding carboxylic acids is 2. The molecule has 0 aromatic heterocycles. The molecule has 0 fully saturated rings. The summed E-state index contributed by atoms with van der Waals surface area (Å²) in [5, 5.41) is 0. The number of carbonyl (C=O) groups is 2. The first kappa shape index (κ1) is 27.3. The van der Waals surface area contributed by atoms with Crippen LogP contribution in [0.1, 0.15) is 64.7 Å². The summed E-state index contributed by atoms with van der Waals surface area (Å²) in [5.41, 5.74) is 2.42. The van der Waals surface area contributed by atoms with Crippen LogP contribution in [0.25, 0.3) is 17.2 Å². The Morgan fingerprint density at radius 1 is 1.11 bits per heavy atom. The Bertz CT molecular complexity index is 1210. The third-order valence-electron chi connectivity index (χ3n) is 5.91. The van der Waals surface area contributed by atoms with E-state index < -0.39 is 29.1 Å². The van der Waals surface area contributed by atoms with Crippen LogP contribution in [0.3, 0.4) is 0 Å². The zero-order valence-corrected chi connectivity index (χ0v) is 21.7. The number of alkyl halides is 3. The highest BCUT2D eigenvalue weighted by atomic mass is 19.4. The minimum atomic E-state index is -4.92. The van der Waals surface area contributed by atoms with Gasteiger partial charge >= 0.3 is 12.3 Å². The number of hydrogen-bond donors (Lipinski definition) is 0. The van der Waals surface area contributed by atoms with Crippen molar-refractivity contribution in [1.29, 1.82) is 0 Å². The van der Waals surface area contributed by atoms with Gasteiger partial charge in [0.1, 0.15) is 11.4 Å². The molecule has 194 valence electrons. The van der Waals surface area contributed by atoms with Crippen molar-refractivity contribution in [3.63, 3.8) is 0 Å². The molecule has 5 nitrogen and oxygen atoms in total. The molecule has 0 bridgehead atoms. The first-order valence-corrected chi connectivity index (χ1v) is 11.8. The van der Waals surface area contributed by atoms with E-state index >= 15 is 0 Å². The summed E-state index contributed by atoms with van der Waals surface area (Å²) >= 11 is 0. The van der Waals surface area contributed by atoms with E-state index in [1.807, 2.05) is 33.8 Å². The molecule has 0 saturated heterocycles. The number of rotatable bonds is 5. The van der Waals surface area contributed by atoms with Crippen LogP contribution >= 0.6 is 0 Å². The molecular weight excluding hydrogens is 471 g/mol. The highest BCUT2D eigenvalue weighted by Crippen LogP contribution is 2.45. The monoisotopic (exact) mass is 503 g/mol. The normalized spacial score (nSPS) is 15.7. The van der Waals surface area contributed by atoms with Crippen molar-refractivity contribution in [1.82, 2.24) is 0 Å². The first-order valence-electron chi connectivity index (χ1n) is 11.8. The second-order valence-electron chi connectivity index (χ2n) is 10.6. The van der Waals surface area contributed by atoms with Crippen LogP contribution in [0.2, 0.25) is 0 Å². The standard InChI is InChI=1S/C28H32F3NO4/c1-8-32-22-15-20(17(2)13-21(22)27(6,7)16-24(32)33)19-11-9-18(14-23(19)35-28(29,30)31)10-12-25(34)36-26(3,4)5/h9-15H,8,16H2,1-7H3. The molecule has 0 aliphatic carbocycles. The largest absolute Gasteiger partial charge is 0.573 e. The Labute approximate surface area is 209 Å². The van der Waals surface area contributed by atoms with Gasteiger partial charge in [0.05, 0.1) is 0 Å². The molecule has 3 rings (SSSR count). The minimum absolute atomic E-state index is 0.0285. The number of fused-ring (bicyclic) bond motifs is 1. The van der Waals surface area contributed by atoms with Crippen molar-refractivity contribution in [2.45, 2.75) is 72.3 Å². The van der Waals surface area contributed by atoms with Gasteiger partial charge in [0.15, 0.2) is 0 Å². The van der Waals surface area contributed by atoms with Gasteiger partial charge in [0.2, 0.25) is 5.91 Å². The lowest BCUT2D eigenvalue weighted by atomic mass is 9.75. The van der Waals surface area contributed by atoms with E-state index in [2.05, 4.69) is 4.74 Å². The summed E-state index contributed by atoms with van der Waals surface area (Å²) in [6.45, 7) is 13.3. The number of aryl methyl sites for hydroxylation is 1. The van der Waals surface area contributed by atoms with Crippen LogP contribution in [-0.4, -0.2) is 30.4 Å². The summed E-state index contributed by atoms with van der Waals surface area (Å²) in [5.74, 6) is -1.04. The highest BCUT2D eigenvalue weighted by molar-refractivity contribution is 5.99. The van der Waals surface area contributed by atoms with Crippen LogP contribution in [0.5, 0.6) is 5.75 Å². The van der Waals surface area contributed by atoms with Gasteiger partial charge in [0, 0.05) is 35.7 Å². The van der Waals surface area contributed by atoms with Gasteiger partial charge in [-0.2, -0.15) is 0 Å². The second kappa shape index (κ2) is 9.64. The molecule has 36 heavy (non-hydrogen) atoms. The molecule has 1 amide bonds. The molecule has 0 atom stereocenters. The van der Waals surface area contributed by atoms with Crippen molar-refractivity contribution in [2.24, 2.45) is 0 Å². The number of esters is 1. The third-order valence-corrected chi connectivity index (χ3v) is 5.91. The van der Waals surface area contributed by atoms with E-state index in [0.717, 1.165) is 17.2 Å². The summed E-state index contributed by atoms with van der Waals surface area (Å²) in [6, 6.07) is 8.06. The van der Waals surface area contributed by atoms with E-state index in [4.69, 9.17) is 4.74 Å². The predicted molar refractivity (Wildman–Crippen MR) is 134 cm³/mol. The van der Waals surface area contributed by atoms with E-state index in [0.29, 0.717) is 29.8 Å². The highest BCUT2D eigenvalue weighted by Gasteiger charge is 2.37. The molecular formula is C28H32F3NO4. The van der Waals surface area contributed by atoms with Gasteiger partial charge in [-0.25, -0.2) is 4.79 Å². The Hall–Kier alpha value is -3.29. The lowest BCUT2D eigenvalue weighted by Gasteiger charge is -2.39. The van der Waals surface area contributed by atoms with Crippen molar-refractivity contribution in [3.8, 4) is 16.9 Å². The van der Waals surface area contributed by atoms with Crippen LogP contribution in [0.15, 0.2) is 36.4 Å². The zero-order valence-electron chi connectivity index (χ0n) is 21.7. The summed E-state index contributed by atoms with van der Waals surface area (Å²) in [4.78, 5) is 26.4. The maximum atomic E-state index is 13.3. The molecule has 2 aromatic rings. The molecule has 0 saturated carbocycles. The maximum absolute atomic E-state index is 13.3. The smallest absolute Gasteiger partial charge is 0.457 e. The SMILES string of the molecule is CCN1C(=O)CC(C)(C)c2cc(C)c(-c3ccc(C=CC(=O)OC(C)(C)C)cc3OC(F)(F)F)cc21. The number of halogens is 3. The molecule has 1 aliphatic rings. The molecule has 1 aliphatic heterocycles. The molecule has 0 spiro atoms. The van der Waals surface area contributed by atoms with Gasteiger partial charge in [-0.05, 0) is 75.1 Å². The van der Waals surface area contributed by atoms with Gasteiger partial charge in [0.25, 0.3) is 0 Å². The maximum Gasteiger partial charge on any atom is 0.573 e. The van der Waals surface area contributed by atoms with Gasteiger partial charge in [-0.15, -0.1) is 13.2 Å². The van der Waals surface area contributed by atoms with Crippen molar-refractivity contribution in [2.75, 3.05) is 11.4 Å². The molecule has 2 aromatic carbocycles.